The van der Waals surface area contributed by atoms with Gasteiger partial charge >= 0.3 is 0 Å². The van der Waals surface area contributed by atoms with E-state index in [2.05, 4.69) is 38.9 Å². The van der Waals surface area contributed by atoms with Crippen LogP contribution in [-0.2, 0) is 0 Å². The quantitative estimate of drug-likeness (QED) is 0.556. The maximum atomic E-state index is 2.32. The van der Waals surface area contributed by atoms with Crippen LogP contribution in [0.25, 0.3) is 0 Å². The molecule has 0 fully saturated rings. The summed E-state index contributed by atoms with van der Waals surface area (Å²) in [7, 11) is 4.24. The summed E-state index contributed by atoms with van der Waals surface area (Å²) < 4.78 is 0. The lowest BCUT2D eigenvalue weighted by Gasteiger charge is -2.23. The van der Waals surface area contributed by atoms with E-state index in [0.29, 0.717) is 0 Å². The summed E-state index contributed by atoms with van der Waals surface area (Å²) in [5.41, 5.74) is 4.39. The molecule has 0 aromatic heterocycles. The van der Waals surface area contributed by atoms with Gasteiger partial charge in [-0.05, 0) is 32.3 Å². The third-order valence-electron chi connectivity index (χ3n) is 2.40. The summed E-state index contributed by atoms with van der Waals surface area (Å²) in [4.78, 5) is 2.23. The summed E-state index contributed by atoms with van der Waals surface area (Å²) in [6.07, 6.45) is 4.73. The highest BCUT2D eigenvalue weighted by molar-refractivity contribution is 5.34. The van der Waals surface area contributed by atoms with Crippen molar-refractivity contribution in [3.63, 3.8) is 0 Å². The summed E-state index contributed by atoms with van der Waals surface area (Å²) in [6, 6.07) is 0. The molecule has 0 amide bonds. The molecule has 62 valence electrons. The zero-order valence-electron chi connectivity index (χ0n) is 7.94. The Labute approximate surface area is 69.4 Å². The summed E-state index contributed by atoms with van der Waals surface area (Å²) in [5, 5.41) is 0. The van der Waals surface area contributed by atoms with E-state index < -0.39 is 0 Å². The third kappa shape index (κ3) is 1.65. The first-order chi connectivity index (χ1) is 5.13. The molecule has 0 spiro atoms. The highest BCUT2D eigenvalue weighted by atomic mass is 15.1. The van der Waals surface area contributed by atoms with Crippen LogP contribution in [-0.4, -0.2) is 19.0 Å². The van der Waals surface area contributed by atoms with E-state index in [-0.39, 0.29) is 0 Å². The summed E-state index contributed by atoms with van der Waals surface area (Å²) >= 11 is 0. The minimum Gasteiger partial charge on any atom is -0.381 e. The van der Waals surface area contributed by atoms with Crippen LogP contribution in [0.2, 0.25) is 0 Å². The highest BCUT2D eigenvalue weighted by Crippen LogP contribution is 2.25. The lowest BCUT2D eigenvalue weighted by atomic mass is 9.97. The Bertz CT molecular complexity index is 209. The lowest BCUT2D eigenvalue weighted by Crippen LogP contribution is -2.15. The second-order valence-corrected chi connectivity index (χ2v) is 3.39. The fraction of sp³-hybridized carbons (Fsp3) is 0.600. The fourth-order valence-corrected chi connectivity index (χ4v) is 1.55. The van der Waals surface area contributed by atoms with Gasteiger partial charge in [0, 0.05) is 19.8 Å². The predicted molar refractivity (Wildman–Crippen MR) is 49.4 cm³/mol. The standard InChI is InChI=1S/C10H17N/c1-8-6-5-7-10(9(8)2)11(3)4/h6H,5,7H2,1-4H3. The molecule has 0 N–H and O–H groups in total. The van der Waals surface area contributed by atoms with Gasteiger partial charge in [0.05, 0.1) is 0 Å². The molecule has 1 heteroatoms. The first kappa shape index (κ1) is 8.38. The van der Waals surface area contributed by atoms with Gasteiger partial charge in [-0.3, -0.25) is 0 Å². The Balaban J connectivity index is 2.91. The normalized spacial score (nSPS) is 18.4. The van der Waals surface area contributed by atoms with E-state index in [4.69, 9.17) is 0 Å². The molecule has 1 aliphatic rings. The molecule has 0 radical (unpaired) electrons. The van der Waals surface area contributed by atoms with Gasteiger partial charge in [-0.25, -0.2) is 0 Å². The van der Waals surface area contributed by atoms with Crippen molar-refractivity contribution in [3.8, 4) is 0 Å². The van der Waals surface area contributed by atoms with Crippen molar-refractivity contribution in [2.24, 2.45) is 0 Å². The molecule has 11 heavy (non-hydrogen) atoms. The van der Waals surface area contributed by atoms with Crippen molar-refractivity contribution in [1.29, 1.82) is 0 Å². The third-order valence-corrected chi connectivity index (χ3v) is 2.40. The van der Waals surface area contributed by atoms with Gasteiger partial charge in [0.15, 0.2) is 0 Å². The molecule has 1 aliphatic carbocycles. The van der Waals surface area contributed by atoms with Gasteiger partial charge in [0.2, 0.25) is 0 Å². The molecule has 0 saturated heterocycles. The van der Waals surface area contributed by atoms with Crippen LogP contribution in [0.1, 0.15) is 26.7 Å². The van der Waals surface area contributed by atoms with Crippen LogP contribution in [0.15, 0.2) is 22.9 Å². The Morgan fingerprint density at radius 2 is 1.91 bits per heavy atom. The number of allylic oxidation sites excluding steroid dienone is 4. The molecule has 1 nitrogen and oxygen atoms in total. The maximum Gasteiger partial charge on any atom is 0.0163 e. The molecular weight excluding hydrogens is 134 g/mol. The van der Waals surface area contributed by atoms with E-state index in [0.717, 1.165) is 0 Å². The highest BCUT2D eigenvalue weighted by Gasteiger charge is 2.09. The van der Waals surface area contributed by atoms with Crippen LogP contribution in [0.4, 0.5) is 0 Å². The number of nitrogens with zero attached hydrogens (tertiary/aromatic N) is 1. The van der Waals surface area contributed by atoms with Crippen molar-refractivity contribution in [2.75, 3.05) is 14.1 Å². The molecule has 0 aromatic carbocycles. The van der Waals surface area contributed by atoms with Gasteiger partial charge in [0.25, 0.3) is 0 Å². The number of hydrogen-bond acceptors (Lipinski definition) is 1. The molecule has 1 rings (SSSR count). The smallest absolute Gasteiger partial charge is 0.0163 e. The molecule has 0 saturated carbocycles. The molecular formula is C10H17N. The monoisotopic (exact) mass is 151 g/mol. The van der Waals surface area contributed by atoms with E-state index in [1.807, 2.05) is 0 Å². The van der Waals surface area contributed by atoms with Crippen LogP contribution >= 0.6 is 0 Å². The minimum absolute atomic E-state index is 1.20. The van der Waals surface area contributed by atoms with Gasteiger partial charge in [-0.2, -0.15) is 0 Å². The van der Waals surface area contributed by atoms with Gasteiger partial charge in [-0.15, -0.1) is 0 Å². The van der Waals surface area contributed by atoms with E-state index in [1.165, 1.54) is 29.7 Å². The van der Waals surface area contributed by atoms with Crippen molar-refractivity contribution >= 4 is 0 Å². The van der Waals surface area contributed by atoms with Crippen molar-refractivity contribution in [2.45, 2.75) is 26.7 Å². The van der Waals surface area contributed by atoms with Crippen molar-refractivity contribution < 1.29 is 0 Å². The molecule has 0 heterocycles. The minimum atomic E-state index is 1.20. The van der Waals surface area contributed by atoms with Gasteiger partial charge in [0.1, 0.15) is 0 Å². The second-order valence-electron chi connectivity index (χ2n) is 3.39. The second kappa shape index (κ2) is 3.12. The van der Waals surface area contributed by atoms with Gasteiger partial charge < -0.3 is 4.90 Å². The fourth-order valence-electron chi connectivity index (χ4n) is 1.55. The van der Waals surface area contributed by atoms with Crippen LogP contribution in [0, 0.1) is 0 Å². The van der Waals surface area contributed by atoms with Crippen LogP contribution < -0.4 is 0 Å². The average Bonchev–Trinajstić information content (AvgIpc) is 1.94. The molecule has 0 bridgehead atoms. The molecule has 0 unspecified atom stereocenters. The van der Waals surface area contributed by atoms with Crippen LogP contribution in [0.5, 0.6) is 0 Å². The maximum absolute atomic E-state index is 2.32. The average molecular weight is 151 g/mol. The number of hydrogen-bond donors (Lipinski definition) is 0. The van der Waals surface area contributed by atoms with Crippen molar-refractivity contribution in [3.05, 3.63) is 22.9 Å². The first-order valence-electron chi connectivity index (χ1n) is 4.17. The number of rotatable bonds is 1. The summed E-state index contributed by atoms with van der Waals surface area (Å²) in [5.74, 6) is 0. The largest absolute Gasteiger partial charge is 0.381 e. The zero-order valence-corrected chi connectivity index (χ0v) is 7.94. The Kier molecular flexibility index (Phi) is 2.38. The lowest BCUT2D eigenvalue weighted by molar-refractivity contribution is 0.478. The SMILES string of the molecule is CC1=CCCC(N(C)C)=C1C. The Hall–Kier alpha value is -0.720. The molecule has 0 atom stereocenters. The topological polar surface area (TPSA) is 3.24 Å². The van der Waals surface area contributed by atoms with Crippen LogP contribution in [0.3, 0.4) is 0 Å². The van der Waals surface area contributed by atoms with Crippen molar-refractivity contribution in [1.82, 2.24) is 4.90 Å². The molecule has 0 aromatic rings. The van der Waals surface area contributed by atoms with E-state index in [1.54, 1.807) is 0 Å². The first-order valence-corrected chi connectivity index (χ1v) is 4.17. The predicted octanol–water partition coefficient (Wildman–Crippen LogP) is 2.56. The van der Waals surface area contributed by atoms with E-state index >= 15 is 0 Å². The summed E-state index contributed by atoms with van der Waals surface area (Å²) in [6.45, 7) is 4.40. The van der Waals surface area contributed by atoms with E-state index in [9.17, 15) is 0 Å². The zero-order chi connectivity index (χ0) is 8.43. The molecule has 0 aliphatic heterocycles. The Morgan fingerprint density at radius 3 is 2.36 bits per heavy atom. The Morgan fingerprint density at radius 1 is 1.27 bits per heavy atom. The van der Waals surface area contributed by atoms with Gasteiger partial charge in [-0.1, -0.05) is 11.6 Å².